The SMILES string of the molecule is COc1ccc(CN=C(N)NCc2ccnc(OCc3ccccc3)c2)cc1OC. The predicted molar refractivity (Wildman–Crippen MR) is 117 cm³/mol. The average molecular weight is 406 g/mol. The molecule has 0 aliphatic carbocycles. The highest BCUT2D eigenvalue weighted by Gasteiger charge is 2.05. The molecule has 0 saturated carbocycles. The first-order chi connectivity index (χ1) is 14.7. The average Bonchev–Trinajstić information content (AvgIpc) is 2.80. The van der Waals surface area contributed by atoms with E-state index in [4.69, 9.17) is 19.9 Å². The van der Waals surface area contributed by atoms with Gasteiger partial charge >= 0.3 is 0 Å². The minimum atomic E-state index is 0.355. The number of guanidine groups is 1. The van der Waals surface area contributed by atoms with Gasteiger partial charge in [-0.3, -0.25) is 0 Å². The van der Waals surface area contributed by atoms with Crippen molar-refractivity contribution in [1.82, 2.24) is 10.3 Å². The van der Waals surface area contributed by atoms with Crippen molar-refractivity contribution in [1.29, 1.82) is 0 Å². The Morgan fingerprint density at radius 1 is 0.933 bits per heavy atom. The van der Waals surface area contributed by atoms with Crippen LogP contribution in [0.5, 0.6) is 17.4 Å². The second-order valence-electron chi connectivity index (χ2n) is 6.52. The number of aromatic nitrogens is 1. The van der Waals surface area contributed by atoms with Crippen LogP contribution in [-0.4, -0.2) is 25.2 Å². The number of hydrogen-bond acceptors (Lipinski definition) is 5. The number of nitrogens with two attached hydrogens (primary N) is 1. The lowest BCUT2D eigenvalue weighted by molar-refractivity contribution is 0.293. The summed E-state index contributed by atoms with van der Waals surface area (Å²) in [5.41, 5.74) is 9.06. The maximum atomic E-state index is 6.00. The van der Waals surface area contributed by atoms with E-state index < -0.39 is 0 Å². The van der Waals surface area contributed by atoms with Gasteiger partial charge in [0.15, 0.2) is 17.5 Å². The Hall–Kier alpha value is -3.74. The van der Waals surface area contributed by atoms with Gasteiger partial charge in [0.1, 0.15) is 6.61 Å². The van der Waals surface area contributed by atoms with Gasteiger partial charge in [-0.2, -0.15) is 0 Å². The van der Waals surface area contributed by atoms with E-state index in [1.807, 2.05) is 60.7 Å². The number of methoxy groups -OCH3 is 2. The van der Waals surface area contributed by atoms with Crippen molar-refractivity contribution in [3.8, 4) is 17.4 Å². The predicted octanol–water partition coefficient (Wildman–Crippen LogP) is 3.28. The Labute approximate surface area is 176 Å². The van der Waals surface area contributed by atoms with Crippen LogP contribution in [0.1, 0.15) is 16.7 Å². The summed E-state index contributed by atoms with van der Waals surface area (Å²) in [6.07, 6.45) is 1.72. The third kappa shape index (κ3) is 6.13. The molecule has 30 heavy (non-hydrogen) atoms. The van der Waals surface area contributed by atoms with Gasteiger partial charge in [-0.25, -0.2) is 9.98 Å². The Bertz CT molecular complexity index is 977. The summed E-state index contributed by atoms with van der Waals surface area (Å²) >= 11 is 0. The van der Waals surface area contributed by atoms with Crippen LogP contribution in [0.2, 0.25) is 0 Å². The highest BCUT2D eigenvalue weighted by molar-refractivity contribution is 5.77. The molecule has 0 aliphatic rings. The minimum absolute atomic E-state index is 0.355. The maximum Gasteiger partial charge on any atom is 0.213 e. The molecular formula is C23H26N4O3. The van der Waals surface area contributed by atoms with Crippen LogP contribution >= 0.6 is 0 Å². The lowest BCUT2D eigenvalue weighted by Gasteiger charge is -2.10. The van der Waals surface area contributed by atoms with E-state index in [-0.39, 0.29) is 0 Å². The summed E-state index contributed by atoms with van der Waals surface area (Å²) < 4.78 is 16.3. The zero-order valence-electron chi connectivity index (χ0n) is 17.2. The van der Waals surface area contributed by atoms with Crippen molar-refractivity contribution >= 4 is 5.96 Å². The third-order valence-electron chi connectivity index (χ3n) is 4.38. The van der Waals surface area contributed by atoms with Gasteiger partial charge in [0.25, 0.3) is 0 Å². The number of rotatable bonds is 9. The number of ether oxygens (including phenoxy) is 3. The fourth-order valence-electron chi connectivity index (χ4n) is 2.77. The summed E-state index contributed by atoms with van der Waals surface area (Å²) in [6.45, 7) is 1.42. The van der Waals surface area contributed by atoms with Crippen LogP contribution in [0.3, 0.4) is 0 Å². The number of benzene rings is 2. The van der Waals surface area contributed by atoms with Gasteiger partial charge in [0.05, 0.1) is 20.8 Å². The van der Waals surface area contributed by atoms with Crippen LogP contribution < -0.4 is 25.3 Å². The lowest BCUT2D eigenvalue weighted by Crippen LogP contribution is -2.31. The van der Waals surface area contributed by atoms with Gasteiger partial charge in [-0.1, -0.05) is 36.4 Å². The molecule has 7 nitrogen and oxygen atoms in total. The molecule has 3 aromatic rings. The van der Waals surface area contributed by atoms with Gasteiger partial charge in [-0.05, 0) is 34.9 Å². The van der Waals surface area contributed by atoms with E-state index >= 15 is 0 Å². The monoisotopic (exact) mass is 406 g/mol. The molecule has 0 bridgehead atoms. The summed E-state index contributed by atoms with van der Waals surface area (Å²) in [4.78, 5) is 8.63. The number of nitrogens with one attached hydrogen (secondary N) is 1. The Morgan fingerprint density at radius 2 is 1.73 bits per heavy atom. The molecule has 0 atom stereocenters. The molecule has 3 N–H and O–H groups in total. The van der Waals surface area contributed by atoms with Crippen LogP contribution in [0.15, 0.2) is 71.9 Å². The van der Waals surface area contributed by atoms with E-state index in [0.717, 1.165) is 16.7 Å². The highest BCUT2D eigenvalue weighted by Crippen LogP contribution is 2.27. The first kappa shape index (κ1) is 21.0. The van der Waals surface area contributed by atoms with Crippen molar-refractivity contribution in [3.05, 3.63) is 83.6 Å². The number of aliphatic imine (C=N–C) groups is 1. The fraction of sp³-hybridized carbons (Fsp3) is 0.217. The molecule has 1 aromatic heterocycles. The van der Waals surface area contributed by atoms with Crippen LogP contribution in [0.25, 0.3) is 0 Å². The summed E-state index contributed by atoms with van der Waals surface area (Å²) in [5, 5.41) is 3.11. The molecule has 1 heterocycles. The molecule has 156 valence electrons. The summed E-state index contributed by atoms with van der Waals surface area (Å²) in [7, 11) is 3.21. The van der Waals surface area contributed by atoms with Crippen LogP contribution in [0, 0.1) is 0 Å². The molecule has 0 fully saturated rings. The van der Waals surface area contributed by atoms with Crippen molar-refractivity contribution in [2.75, 3.05) is 14.2 Å². The Kier molecular flexibility index (Phi) is 7.49. The van der Waals surface area contributed by atoms with Gasteiger partial charge < -0.3 is 25.3 Å². The zero-order chi connectivity index (χ0) is 21.2. The van der Waals surface area contributed by atoms with Gasteiger partial charge in [-0.15, -0.1) is 0 Å². The lowest BCUT2D eigenvalue weighted by atomic mass is 10.2. The molecule has 2 aromatic carbocycles. The topological polar surface area (TPSA) is 91.0 Å². The van der Waals surface area contributed by atoms with E-state index in [1.165, 1.54) is 0 Å². The normalized spacial score (nSPS) is 11.1. The molecule has 0 unspecified atom stereocenters. The molecular weight excluding hydrogens is 380 g/mol. The Balaban J connectivity index is 1.52. The quantitative estimate of drug-likeness (QED) is 0.419. The second kappa shape index (κ2) is 10.7. The minimum Gasteiger partial charge on any atom is -0.493 e. The van der Waals surface area contributed by atoms with Crippen molar-refractivity contribution < 1.29 is 14.2 Å². The second-order valence-corrected chi connectivity index (χ2v) is 6.52. The van der Waals surface area contributed by atoms with Crippen molar-refractivity contribution in [2.24, 2.45) is 10.7 Å². The number of hydrogen-bond donors (Lipinski definition) is 2. The molecule has 0 radical (unpaired) electrons. The van der Waals surface area contributed by atoms with Crippen molar-refractivity contribution in [3.63, 3.8) is 0 Å². The molecule has 0 spiro atoms. The highest BCUT2D eigenvalue weighted by atomic mass is 16.5. The van der Waals surface area contributed by atoms with Crippen molar-refractivity contribution in [2.45, 2.75) is 19.7 Å². The smallest absolute Gasteiger partial charge is 0.213 e. The van der Waals surface area contributed by atoms with Crippen LogP contribution in [-0.2, 0) is 19.7 Å². The standard InChI is InChI=1S/C23H26N4O3/c1-28-20-9-8-18(12-21(20)29-2)14-26-23(24)27-15-19-10-11-25-22(13-19)30-16-17-6-4-3-5-7-17/h3-13H,14-16H2,1-2H3,(H3,24,26,27). The number of nitrogens with zero attached hydrogens (tertiary/aromatic N) is 2. The van der Waals surface area contributed by atoms with E-state index in [0.29, 0.717) is 43.0 Å². The molecule has 0 saturated heterocycles. The molecule has 3 rings (SSSR count). The first-order valence-corrected chi connectivity index (χ1v) is 9.54. The van der Waals surface area contributed by atoms with E-state index in [1.54, 1.807) is 20.4 Å². The van der Waals surface area contributed by atoms with Gasteiger partial charge in [0.2, 0.25) is 5.88 Å². The fourth-order valence-corrected chi connectivity index (χ4v) is 2.77. The third-order valence-corrected chi connectivity index (χ3v) is 4.38. The molecule has 7 heteroatoms. The van der Waals surface area contributed by atoms with E-state index in [2.05, 4.69) is 15.3 Å². The van der Waals surface area contributed by atoms with Gasteiger partial charge in [0, 0.05) is 18.8 Å². The van der Waals surface area contributed by atoms with Crippen LogP contribution in [0.4, 0.5) is 0 Å². The number of pyridine rings is 1. The molecule has 0 amide bonds. The zero-order valence-corrected chi connectivity index (χ0v) is 17.2. The Morgan fingerprint density at radius 3 is 2.50 bits per heavy atom. The summed E-state index contributed by atoms with van der Waals surface area (Å²) in [5.74, 6) is 2.27. The maximum absolute atomic E-state index is 6.00. The molecule has 0 aliphatic heterocycles. The largest absolute Gasteiger partial charge is 0.493 e. The first-order valence-electron chi connectivity index (χ1n) is 9.54. The van der Waals surface area contributed by atoms with E-state index in [9.17, 15) is 0 Å². The summed E-state index contributed by atoms with van der Waals surface area (Å²) in [6, 6.07) is 19.4.